The third-order valence-corrected chi connectivity index (χ3v) is 14.0. The number of allylic oxidation sites excluding steroid dienone is 14. The highest BCUT2D eigenvalue weighted by atomic mass is 16.7. The summed E-state index contributed by atoms with van der Waals surface area (Å²) in [4.78, 5) is 51.2. The van der Waals surface area contributed by atoms with E-state index in [1.807, 2.05) is 12.2 Å². The molecule has 1 heterocycles. The fraction of sp³-hybridized carbons (Fsp3) is 0.731. The maximum Gasteiger partial charge on any atom is 0.335 e. The lowest BCUT2D eigenvalue weighted by atomic mass is 9.98. The normalized spacial score (nSPS) is 18.4. The fourth-order valence-corrected chi connectivity index (χ4v) is 9.15. The summed E-state index contributed by atoms with van der Waals surface area (Å²) in [7, 11) is 0. The van der Waals surface area contributed by atoms with Crippen LogP contribution in [-0.4, -0.2) is 89.2 Å². The van der Waals surface area contributed by atoms with Crippen molar-refractivity contribution in [2.24, 2.45) is 0 Å². The molecular formula is C67H112O12. The second-order valence-corrected chi connectivity index (χ2v) is 21.3. The zero-order valence-electron chi connectivity index (χ0n) is 49.8. The van der Waals surface area contributed by atoms with Gasteiger partial charge in [-0.25, -0.2) is 4.79 Å². The van der Waals surface area contributed by atoms with Crippen molar-refractivity contribution in [2.75, 3.05) is 13.2 Å². The number of hydrogen-bond acceptors (Lipinski definition) is 11. The molecule has 3 N–H and O–H groups in total. The lowest BCUT2D eigenvalue weighted by Gasteiger charge is -2.40. The highest BCUT2D eigenvalue weighted by Crippen LogP contribution is 2.26. The molecule has 79 heavy (non-hydrogen) atoms. The van der Waals surface area contributed by atoms with E-state index in [-0.39, 0.29) is 25.9 Å². The van der Waals surface area contributed by atoms with Gasteiger partial charge in [-0.05, 0) is 83.5 Å². The summed E-state index contributed by atoms with van der Waals surface area (Å²) in [6.45, 7) is 5.82. The van der Waals surface area contributed by atoms with Gasteiger partial charge in [-0.1, -0.05) is 247 Å². The van der Waals surface area contributed by atoms with Crippen LogP contribution in [0.5, 0.6) is 0 Å². The molecule has 0 aliphatic carbocycles. The summed E-state index contributed by atoms with van der Waals surface area (Å²) in [5, 5.41) is 31.5. The number of hydrogen-bond donors (Lipinski definition) is 3. The van der Waals surface area contributed by atoms with Gasteiger partial charge in [0.25, 0.3) is 0 Å². The lowest BCUT2D eigenvalue weighted by molar-refractivity contribution is -0.301. The predicted molar refractivity (Wildman–Crippen MR) is 321 cm³/mol. The van der Waals surface area contributed by atoms with Gasteiger partial charge in [-0.3, -0.25) is 14.4 Å². The van der Waals surface area contributed by atoms with Gasteiger partial charge >= 0.3 is 23.9 Å². The van der Waals surface area contributed by atoms with Crippen LogP contribution < -0.4 is 0 Å². The van der Waals surface area contributed by atoms with Gasteiger partial charge in [-0.2, -0.15) is 0 Å². The number of ether oxygens (including phenoxy) is 5. The van der Waals surface area contributed by atoms with Crippen molar-refractivity contribution in [3.63, 3.8) is 0 Å². The monoisotopic (exact) mass is 1110 g/mol. The molecule has 0 amide bonds. The van der Waals surface area contributed by atoms with Gasteiger partial charge in [0.15, 0.2) is 24.6 Å². The first kappa shape index (κ1) is 72.9. The first-order chi connectivity index (χ1) is 38.6. The minimum absolute atomic E-state index is 0.0535. The summed E-state index contributed by atoms with van der Waals surface area (Å²) < 4.78 is 28.4. The van der Waals surface area contributed by atoms with Crippen molar-refractivity contribution in [2.45, 2.75) is 302 Å². The molecular weight excluding hydrogens is 997 g/mol. The molecule has 1 saturated heterocycles. The Labute approximate surface area is 480 Å². The van der Waals surface area contributed by atoms with Crippen LogP contribution in [-0.2, 0) is 42.9 Å². The maximum absolute atomic E-state index is 13.2. The molecule has 1 rings (SSSR count). The fourth-order valence-electron chi connectivity index (χ4n) is 9.15. The SMILES string of the molecule is CC/C=C\C/C=C\C/C=C\C/C=C\C/C=C\C/C=C\CCC(=O)OCC(COC1OC(C(=O)O)C(O)C(O)C1OC(=O)CCCCCCCCCCCCCCC)OC(=O)CCCCCCCCC/C=C\CCCCCCCC. The van der Waals surface area contributed by atoms with Gasteiger partial charge in [0.1, 0.15) is 18.8 Å². The second kappa shape index (κ2) is 54.5. The van der Waals surface area contributed by atoms with Crippen LogP contribution in [0.3, 0.4) is 0 Å². The molecule has 0 aromatic carbocycles. The summed E-state index contributed by atoms with van der Waals surface area (Å²) in [5.41, 5.74) is 0. The van der Waals surface area contributed by atoms with Crippen molar-refractivity contribution in [3.8, 4) is 0 Å². The van der Waals surface area contributed by atoms with E-state index in [1.165, 1.54) is 109 Å². The third kappa shape index (κ3) is 44.3. The number of rotatable bonds is 53. The zero-order valence-corrected chi connectivity index (χ0v) is 49.8. The Bertz CT molecular complexity index is 1700. The summed E-state index contributed by atoms with van der Waals surface area (Å²) in [6, 6.07) is 0. The van der Waals surface area contributed by atoms with E-state index >= 15 is 0 Å². The standard InChI is InChI=1S/C67H112O12/c1-4-7-10-13-16-19-22-25-27-29-30-32-33-36-38-41-44-47-50-53-59(68)75-56-58(77-60(69)54-51-48-45-42-40-37-34-31-28-26-23-20-17-14-11-8-5-2)57-76-67-65(63(72)62(71)64(79-67)66(73)74)78-61(70)55-52-49-46-43-39-35-24-21-18-15-12-9-6-3/h7,10,16,19,25-28,30,32,36,38,44,47,58,62-65,67,71-72H,4-6,8-9,11-15,17-18,20-24,29,31,33-35,37,39-43,45-46,48-57H2,1-3H3,(H,73,74)/b10-7-,19-16-,27-25-,28-26-,32-30-,38-36-,47-44-. The number of carbonyl (C=O) groups excluding carboxylic acids is 3. The van der Waals surface area contributed by atoms with E-state index in [2.05, 4.69) is 93.7 Å². The molecule has 0 bridgehead atoms. The minimum Gasteiger partial charge on any atom is -0.479 e. The number of aliphatic carboxylic acids is 1. The first-order valence-corrected chi connectivity index (χ1v) is 31.6. The smallest absolute Gasteiger partial charge is 0.335 e. The number of carboxylic acid groups (broad SMARTS) is 1. The minimum atomic E-state index is -1.91. The number of esters is 3. The molecule has 0 spiro atoms. The van der Waals surface area contributed by atoms with Crippen molar-refractivity contribution >= 4 is 23.9 Å². The third-order valence-electron chi connectivity index (χ3n) is 14.0. The highest BCUT2D eigenvalue weighted by molar-refractivity contribution is 5.74. The van der Waals surface area contributed by atoms with Gasteiger partial charge in [0.05, 0.1) is 6.61 Å². The second-order valence-electron chi connectivity index (χ2n) is 21.3. The van der Waals surface area contributed by atoms with Crippen molar-refractivity contribution in [3.05, 3.63) is 85.1 Å². The van der Waals surface area contributed by atoms with E-state index in [4.69, 9.17) is 23.7 Å². The zero-order chi connectivity index (χ0) is 57.5. The Balaban J connectivity index is 2.72. The molecule has 1 fully saturated rings. The Morgan fingerprint density at radius 3 is 1.27 bits per heavy atom. The van der Waals surface area contributed by atoms with E-state index in [1.54, 1.807) is 0 Å². The van der Waals surface area contributed by atoms with Gasteiger partial charge in [0.2, 0.25) is 0 Å². The first-order valence-electron chi connectivity index (χ1n) is 31.6. The summed E-state index contributed by atoms with van der Waals surface area (Å²) in [6.07, 6.45) is 58.4. The van der Waals surface area contributed by atoms with E-state index in [9.17, 15) is 34.5 Å². The molecule has 1 aliphatic heterocycles. The van der Waals surface area contributed by atoms with E-state index < -0.39 is 67.3 Å². The Morgan fingerprint density at radius 1 is 0.430 bits per heavy atom. The van der Waals surface area contributed by atoms with E-state index in [0.29, 0.717) is 19.3 Å². The quantitative estimate of drug-likeness (QED) is 0.0228. The molecule has 0 aromatic rings. The average molecular weight is 1110 g/mol. The molecule has 0 aromatic heterocycles. The van der Waals surface area contributed by atoms with Gasteiger partial charge in [-0.15, -0.1) is 0 Å². The summed E-state index contributed by atoms with van der Waals surface area (Å²) in [5.74, 6) is -3.23. The van der Waals surface area contributed by atoms with E-state index in [0.717, 1.165) is 96.3 Å². The van der Waals surface area contributed by atoms with Crippen molar-refractivity contribution in [1.82, 2.24) is 0 Å². The predicted octanol–water partition coefficient (Wildman–Crippen LogP) is 16.7. The van der Waals surface area contributed by atoms with Gasteiger partial charge in [0, 0.05) is 19.3 Å². The number of carboxylic acids is 1. The van der Waals surface area contributed by atoms with Crippen LogP contribution in [0.25, 0.3) is 0 Å². The molecule has 12 heteroatoms. The van der Waals surface area contributed by atoms with Crippen LogP contribution in [0.2, 0.25) is 0 Å². The number of aliphatic hydroxyl groups is 2. The maximum atomic E-state index is 13.2. The largest absolute Gasteiger partial charge is 0.479 e. The number of carbonyl (C=O) groups is 4. The van der Waals surface area contributed by atoms with Crippen LogP contribution in [0.15, 0.2) is 85.1 Å². The molecule has 452 valence electrons. The topological polar surface area (TPSA) is 175 Å². The number of aliphatic hydroxyl groups excluding tert-OH is 2. The molecule has 6 unspecified atom stereocenters. The average Bonchev–Trinajstić information content (AvgIpc) is 3.44. The molecule has 12 nitrogen and oxygen atoms in total. The van der Waals surface area contributed by atoms with Gasteiger partial charge < -0.3 is 39.0 Å². The molecule has 6 atom stereocenters. The van der Waals surface area contributed by atoms with Crippen LogP contribution in [0.4, 0.5) is 0 Å². The molecule has 1 aliphatic rings. The van der Waals surface area contributed by atoms with Crippen LogP contribution >= 0.6 is 0 Å². The van der Waals surface area contributed by atoms with Crippen molar-refractivity contribution in [1.29, 1.82) is 0 Å². The molecule has 0 saturated carbocycles. The van der Waals surface area contributed by atoms with Crippen LogP contribution in [0, 0.1) is 0 Å². The Morgan fingerprint density at radius 2 is 0.823 bits per heavy atom. The molecule has 0 radical (unpaired) electrons. The lowest BCUT2D eigenvalue weighted by Crippen LogP contribution is -2.61. The van der Waals surface area contributed by atoms with Crippen LogP contribution in [0.1, 0.15) is 265 Å². The highest BCUT2D eigenvalue weighted by Gasteiger charge is 2.50. The summed E-state index contributed by atoms with van der Waals surface area (Å²) >= 11 is 0. The van der Waals surface area contributed by atoms with Crippen molar-refractivity contribution < 1.29 is 58.2 Å². The Kier molecular flexibility index (Phi) is 50.3. The number of unbranched alkanes of at least 4 members (excludes halogenated alkanes) is 25. The Hall–Kier alpha value is -4.10.